The van der Waals surface area contributed by atoms with Crippen molar-refractivity contribution in [2.24, 2.45) is 5.73 Å². The second-order valence-corrected chi connectivity index (χ2v) is 2.37. The number of imidazole rings is 1. The molecule has 1 aromatic heterocycles. The monoisotopic (exact) mass is 151 g/mol. The van der Waals surface area contributed by atoms with Crippen molar-refractivity contribution in [1.82, 2.24) is 9.55 Å². The zero-order chi connectivity index (χ0) is 8.27. The molecule has 60 valence electrons. The Labute approximate surface area is 66.5 Å². The molecular weight excluding hydrogens is 138 g/mol. The van der Waals surface area contributed by atoms with Gasteiger partial charge in [-0.05, 0) is 12.5 Å². The van der Waals surface area contributed by atoms with Gasteiger partial charge in [-0.15, -0.1) is 0 Å². The predicted octanol–water partition coefficient (Wildman–Crippen LogP) is 0.875. The summed E-state index contributed by atoms with van der Waals surface area (Å²) in [6.45, 7) is 7.31. The first-order valence-electron chi connectivity index (χ1n) is 3.68. The summed E-state index contributed by atoms with van der Waals surface area (Å²) in [5.41, 5.74) is 7.42. The first-order chi connectivity index (χ1) is 5.29. The highest BCUT2D eigenvalue weighted by Crippen LogP contribution is 2.09. The lowest BCUT2D eigenvalue weighted by Crippen LogP contribution is -2.05. The number of aryl methyl sites for hydroxylation is 1. The van der Waals surface area contributed by atoms with Gasteiger partial charge in [0.2, 0.25) is 0 Å². The molecule has 3 heteroatoms. The van der Waals surface area contributed by atoms with E-state index in [2.05, 4.69) is 18.5 Å². The molecule has 3 nitrogen and oxygen atoms in total. The molecule has 0 aliphatic heterocycles. The summed E-state index contributed by atoms with van der Waals surface area (Å²) >= 11 is 0. The van der Waals surface area contributed by atoms with Crippen LogP contribution in [-0.2, 0) is 6.54 Å². The number of rotatable bonds is 3. The molecule has 0 unspecified atom stereocenters. The molecule has 0 aliphatic rings. The van der Waals surface area contributed by atoms with Crippen LogP contribution in [-0.4, -0.2) is 16.1 Å². The second-order valence-electron chi connectivity index (χ2n) is 2.37. The Balaban J connectivity index is 2.92. The lowest BCUT2D eigenvalue weighted by Gasteiger charge is -2.04. The first kappa shape index (κ1) is 8.01. The average molecular weight is 151 g/mol. The topological polar surface area (TPSA) is 43.8 Å². The van der Waals surface area contributed by atoms with Crippen LogP contribution in [0.4, 0.5) is 0 Å². The first-order valence-corrected chi connectivity index (χ1v) is 3.68. The lowest BCUT2D eigenvalue weighted by atomic mass is 10.2. The maximum atomic E-state index is 5.45. The summed E-state index contributed by atoms with van der Waals surface area (Å²) < 4.78 is 2.02. The van der Waals surface area contributed by atoms with E-state index in [0.717, 1.165) is 17.8 Å². The summed E-state index contributed by atoms with van der Waals surface area (Å²) in [7, 11) is 0. The fourth-order valence-corrected chi connectivity index (χ4v) is 0.972. The summed E-state index contributed by atoms with van der Waals surface area (Å²) in [6, 6.07) is 0. The highest BCUT2D eigenvalue weighted by atomic mass is 15.0. The van der Waals surface area contributed by atoms with Crippen molar-refractivity contribution in [3.63, 3.8) is 0 Å². The molecule has 0 spiro atoms. The quantitative estimate of drug-likeness (QED) is 0.696. The predicted molar refractivity (Wildman–Crippen MR) is 46.0 cm³/mol. The van der Waals surface area contributed by atoms with Crippen molar-refractivity contribution in [1.29, 1.82) is 0 Å². The number of aromatic nitrogens is 2. The van der Waals surface area contributed by atoms with E-state index in [9.17, 15) is 0 Å². The van der Waals surface area contributed by atoms with Crippen LogP contribution in [0, 0.1) is 0 Å². The zero-order valence-electron chi connectivity index (χ0n) is 6.75. The zero-order valence-corrected chi connectivity index (χ0v) is 6.75. The van der Waals surface area contributed by atoms with Crippen LogP contribution in [0.15, 0.2) is 19.1 Å². The maximum Gasteiger partial charge on any atom is 0.0950 e. The highest BCUT2D eigenvalue weighted by molar-refractivity contribution is 5.61. The number of nitrogens with two attached hydrogens (primary N) is 1. The smallest absolute Gasteiger partial charge is 0.0950 e. The van der Waals surface area contributed by atoms with Gasteiger partial charge in [-0.25, -0.2) is 4.98 Å². The van der Waals surface area contributed by atoms with Crippen LogP contribution in [0.3, 0.4) is 0 Å². The van der Waals surface area contributed by atoms with E-state index >= 15 is 0 Å². The second kappa shape index (κ2) is 3.34. The Hall–Kier alpha value is -1.09. The number of hydrogen-bond donors (Lipinski definition) is 1. The molecule has 11 heavy (non-hydrogen) atoms. The number of hydrogen-bond acceptors (Lipinski definition) is 2. The van der Waals surface area contributed by atoms with Crippen molar-refractivity contribution in [2.45, 2.75) is 13.5 Å². The minimum absolute atomic E-state index is 0.492. The SMILES string of the molecule is C=C(CN)c1cncn1CC. The van der Waals surface area contributed by atoms with Crippen LogP contribution in [0.25, 0.3) is 5.57 Å². The summed E-state index contributed by atoms with van der Waals surface area (Å²) in [6.07, 6.45) is 3.58. The molecule has 0 fully saturated rings. The Morgan fingerprint density at radius 1 is 1.82 bits per heavy atom. The Morgan fingerprint density at radius 3 is 3.09 bits per heavy atom. The van der Waals surface area contributed by atoms with Gasteiger partial charge in [0.05, 0.1) is 18.2 Å². The maximum absolute atomic E-state index is 5.45. The average Bonchev–Trinajstić information content (AvgIpc) is 2.50. The molecule has 0 saturated carbocycles. The van der Waals surface area contributed by atoms with Crippen LogP contribution in [0.1, 0.15) is 12.6 Å². The summed E-state index contributed by atoms with van der Waals surface area (Å²) in [4.78, 5) is 4.01. The van der Waals surface area contributed by atoms with Crippen LogP contribution in [0.2, 0.25) is 0 Å². The standard InChI is InChI=1S/C8H13N3/c1-3-11-6-10-5-8(11)7(2)4-9/h5-6H,2-4,9H2,1H3. The fourth-order valence-electron chi connectivity index (χ4n) is 0.972. The molecule has 0 radical (unpaired) electrons. The summed E-state index contributed by atoms with van der Waals surface area (Å²) in [5, 5.41) is 0. The third-order valence-corrected chi connectivity index (χ3v) is 1.66. The fraction of sp³-hybridized carbons (Fsp3) is 0.375. The molecule has 2 N–H and O–H groups in total. The Kier molecular flexibility index (Phi) is 2.44. The molecule has 0 atom stereocenters. The van der Waals surface area contributed by atoms with Gasteiger partial charge in [-0.2, -0.15) is 0 Å². The largest absolute Gasteiger partial charge is 0.331 e. The normalized spacial score (nSPS) is 10.0. The van der Waals surface area contributed by atoms with E-state index < -0.39 is 0 Å². The van der Waals surface area contributed by atoms with E-state index in [0.29, 0.717) is 6.54 Å². The third kappa shape index (κ3) is 1.49. The van der Waals surface area contributed by atoms with Gasteiger partial charge in [-0.3, -0.25) is 0 Å². The molecule has 0 amide bonds. The van der Waals surface area contributed by atoms with E-state index in [-0.39, 0.29) is 0 Å². The van der Waals surface area contributed by atoms with E-state index in [1.54, 1.807) is 12.5 Å². The van der Waals surface area contributed by atoms with Gasteiger partial charge >= 0.3 is 0 Å². The van der Waals surface area contributed by atoms with E-state index in [1.165, 1.54) is 0 Å². The van der Waals surface area contributed by atoms with Crippen LogP contribution >= 0.6 is 0 Å². The van der Waals surface area contributed by atoms with Crippen molar-refractivity contribution in [2.75, 3.05) is 6.54 Å². The van der Waals surface area contributed by atoms with Gasteiger partial charge in [0.15, 0.2) is 0 Å². The van der Waals surface area contributed by atoms with Gasteiger partial charge in [-0.1, -0.05) is 6.58 Å². The third-order valence-electron chi connectivity index (χ3n) is 1.66. The molecular formula is C8H13N3. The van der Waals surface area contributed by atoms with E-state index in [1.807, 2.05) is 4.57 Å². The molecule has 1 heterocycles. The van der Waals surface area contributed by atoms with Crippen molar-refractivity contribution >= 4 is 5.57 Å². The van der Waals surface area contributed by atoms with Crippen LogP contribution < -0.4 is 5.73 Å². The minimum Gasteiger partial charge on any atom is -0.331 e. The molecule has 0 bridgehead atoms. The minimum atomic E-state index is 0.492. The van der Waals surface area contributed by atoms with Gasteiger partial charge in [0.1, 0.15) is 0 Å². The van der Waals surface area contributed by atoms with Crippen molar-refractivity contribution < 1.29 is 0 Å². The van der Waals surface area contributed by atoms with Crippen molar-refractivity contribution in [3.8, 4) is 0 Å². The van der Waals surface area contributed by atoms with Gasteiger partial charge in [0, 0.05) is 13.1 Å². The van der Waals surface area contributed by atoms with Gasteiger partial charge < -0.3 is 10.3 Å². The molecule has 0 aromatic carbocycles. The molecule has 1 aromatic rings. The van der Waals surface area contributed by atoms with Gasteiger partial charge in [0.25, 0.3) is 0 Å². The molecule has 1 rings (SSSR count). The lowest BCUT2D eigenvalue weighted by molar-refractivity contribution is 0.750. The Morgan fingerprint density at radius 2 is 2.55 bits per heavy atom. The van der Waals surface area contributed by atoms with Crippen molar-refractivity contribution in [3.05, 3.63) is 24.8 Å². The highest BCUT2D eigenvalue weighted by Gasteiger charge is 2.01. The molecule has 0 aliphatic carbocycles. The summed E-state index contributed by atoms with van der Waals surface area (Å²) in [5.74, 6) is 0. The Bertz CT molecular complexity index is 250. The van der Waals surface area contributed by atoms with E-state index in [4.69, 9.17) is 5.73 Å². The van der Waals surface area contributed by atoms with Crippen LogP contribution in [0.5, 0.6) is 0 Å². The molecule has 0 saturated heterocycles. The number of nitrogens with zero attached hydrogens (tertiary/aromatic N) is 2.